The Labute approximate surface area is 118 Å². The van der Waals surface area contributed by atoms with Crippen LogP contribution in [-0.4, -0.2) is 27.6 Å². The van der Waals surface area contributed by atoms with Gasteiger partial charge in [0, 0.05) is 17.2 Å². The fraction of sp³-hybridized carbons (Fsp3) is 0.167. The second kappa shape index (κ2) is 6.24. The molecule has 0 aliphatic rings. The third kappa shape index (κ3) is 3.72. The summed E-state index contributed by atoms with van der Waals surface area (Å²) in [5, 5.41) is 13.4. The summed E-state index contributed by atoms with van der Waals surface area (Å²) in [6.07, 6.45) is 1.61. The molecule has 0 bridgehead atoms. The average Bonchev–Trinajstić information content (AvgIpc) is 2.42. The van der Waals surface area contributed by atoms with Gasteiger partial charge in [0.15, 0.2) is 5.69 Å². The van der Waals surface area contributed by atoms with Gasteiger partial charge in [-0.25, -0.2) is 4.98 Å². The number of amides is 1. The van der Waals surface area contributed by atoms with Crippen molar-refractivity contribution in [1.29, 1.82) is 0 Å². The maximum atomic E-state index is 11.9. The minimum atomic E-state index is -0.342. The quantitative estimate of drug-likeness (QED) is 0.903. The number of carbonyl (C=O) groups excluding carboxylic acids is 1. The van der Waals surface area contributed by atoms with Gasteiger partial charge in [-0.15, -0.1) is 10.2 Å². The lowest BCUT2D eigenvalue weighted by Crippen LogP contribution is -2.15. The van der Waals surface area contributed by atoms with Crippen LogP contribution < -0.4 is 10.6 Å². The summed E-state index contributed by atoms with van der Waals surface area (Å²) in [5.41, 5.74) is 0.242. The molecule has 0 unspecified atom stereocenters. The van der Waals surface area contributed by atoms with Crippen molar-refractivity contribution in [3.8, 4) is 0 Å². The molecule has 0 spiro atoms. The zero-order chi connectivity index (χ0) is 13.7. The molecule has 0 atom stereocenters. The standard InChI is InChI=1S/C12H12BrN5O/c1-2-14-11-6-4-9(17-18-11)12(19)16-10-5-3-8(13)7-15-10/h3-7H,2H2,1H3,(H,14,18)(H,15,16,19). The molecule has 0 fully saturated rings. The van der Waals surface area contributed by atoms with Gasteiger partial charge in [0.05, 0.1) is 0 Å². The molecule has 2 aromatic heterocycles. The van der Waals surface area contributed by atoms with E-state index in [1.807, 2.05) is 6.92 Å². The smallest absolute Gasteiger partial charge is 0.277 e. The first-order valence-corrected chi connectivity index (χ1v) is 6.49. The van der Waals surface area contributed by atoms with Crippen LogP contribution in [0.2, 0.25) is 0 Å². The fourth-order valence-electron chi connectivity index (χ4n) is 1.36. The molecule has 2 aromatic rings. The van der Waals surface area contributed by atoms with Crippen molar-refractivity contribution >= 4 is 33.5 Å². The highest BCUT2D eigenvalue weighted by molar-refractivity contribution is 9.10. The predicted octanol–water partition coefficient (Wildman–Crippen LogP) is 2.32. The summed E-state index contributed by atoms with van der Waals surface area (Å²) in [4.78, 5) is 15.9. The van der Waals surface area contributed by atoms with E-state index in [9.17, 15) is 4.79 Å². The van der Waals surface area contributed by atoms with Crippen molar-refractivity contribution in [2.24, 2.45) is 0 Å². The highest BCUT2D eigenvalue weighted by atomic mass is 79.9. The van der Waals surface area contributed by atoms with Crippen LogP contribution >= 0.6 is 15.9 Å². The maximum absolute atomic E-state index is 11.9. The number of nitrogens with one attached hydrogen (secondary N) is 2. The third-order valence-corrected chi connectivity index (χ3v) is 2.69. The molecule has 2 heterocycles. The summed E-state index contributed by atoms with van der Waals surface area (Å²) in [5.74, 6) is 0.761. The van der Waals surface area contributed by atoms with Gasteiger partial charge < -0.3 is 10.6 Å². The SMILES string of the molecule is CCNc1ccc(C(=O)Nc2ccc(Br)cn2)nn1. The van der Waals surface area contributed by atoms with E-state index in [4.69, 9.17) is 0 Å². The van der Waals surface area contributed by atoms with Crippen molar-refractivity contribution in [3.63, 3.8) is 0 Å². The lowest BCUT2D eigenvalue weighted by molar-refractivity contribution is 0.102. The lowest BCUT2D eigenvalue weighted by atomic mass is 10.3. The van der Waals surface area contributed by atoms with E-state index in [1.165, 1.54) is 0 Å². The summed E-state index contributed by atoms with van der Waals surface area (Å²) in [7, 11) is 0. The number of rotatable bonds is 4. The van der Waals surface area contributed by atoms with Crippen LogP contribution in [0.1, 0.15) is 17.4 Å². The fourth-order valence-corrected chi connectivity index (χ4v) is 1.59. The Bertz CT molecular complexity index is 555. The number of halogens is 1. The minimum Gasteiger partial charge on any atom is -0.369 e. The van der Waals surface area contributed by atoms with Crippen molar-refractivity contribution in [1.82, 2.24) is 15.2 Å². The molecule has 2 N–H and O–H groups in total. The van der Waals surface area contributed by atoms with Crippen molar-refractivity contribution in [3.05, 3.63) is 40.6 Å². The van der Waals surface area contributed by atoms with Crippen LogP contribution in [0.3, 0.4) is 0 Å². The molecule has 2 rings (SSSR count). The van der Waals surface area contributed by atoms with Gasteiger partial charge in [0.2, 0.25) is 0 Å². The lowest BCUT2D eigenvalue weighted by Gasteiger charge is -2.04. The molecule has 0 radical (unpaired) electrons. The molecule has 0 aliphatic carbocycles. The van der Waals surface area contributed by atoms with E-state index in [0.717, 1.165) is 11.0 Å². The van der Waals surface area contributed by atoms with E-state index < -0.39 is 0 Å². The predicted molar refractivity (Wildman–Crippen MR) is 76.1 cm³/mol. The molecule has 1 amide bonds. The van der Waals surface area contributed by atoms with Crippen LogP contribution in [0.4, 0.5) is 11.6 Å². The van der Waals surface area contributed by atoms with Gasteiger partial charge in [0.25, 0.3) is 5.91 Å². The molecular formula is C12H12BrN5O. The van der Waals surface area contributed by atoms with Gasteiger partial charge in [0.1, 0.15) is 11.6 Å². The monoisotopic (exact) mass is 321 g/mol. The second-order valence-electron chi connectivity index (χ2n) is 3.65. The molecule has 0 aromatic carbocycles. The summed E-state index contributed by atoms with van der Waals surface area (Å²) in [6, 6.07) is 6.81. The van der Waals surface area contributed by atoms with Gasteiger partial charge in [-0.1, -0.05) is 0 Å². The average molecular weight is 322 g/mol. The highest BCUT2D eigenvalue weighted by Crippen LogP contribution is 2.11. The summed E-state index contributed by atoms with van der Waals surface area (Å²) in [6.45, 7) is 2.71. The number of nitrogens with zero attached hydrogens (tertiary/aromatic N) is 3. The van der Waals surface area contributed by atoms with Gasteiger partial charge in [-0.05, 0) is 47.1 Å². The van der Waals surface area contributed by atoms with Gasteiger partial charge in [-0.3, -0.25) is 4.79 Å². The van der Waals surface area contributed by atoms with E-state index in [2.05, 4.69) is 41.7 Å². The van der Waals surface area contributed by atoms with Crippen LogP contribution in [0.15, 0.2) is 34.9 Å². The number of aromatic nitrogens is 3. The zero-order valence-electron chi connectivity index (χ0n) is 10.2. The number of anilines is 2. The van der Waals surface area contributed by atoms with Crippen LogP contribution in [0, 0.1) is 0 Å². The van der Waals surface area contributed by atoms with Gasteiger partial charge >= 0.3 is 0 Å². The minimum absolute atomic E-state index is 0.242. The maximum Gasteiger partial charge on any atom is 0.277 e. The summed E-state index contributed by atoms with van der Waals surface area (Å²) >= 11 is 3.27. The van der Waals surface area contributed by atoms with Crippen molar-refractivity contribution in [2.45, 2.75) is 6.92 Å². The third-order valence-electron chi connectivity index (χ3n) is 2.22. The van der Waals surface area contributed by atoms with Crippen molar-refractivity contribution < 1.29 is 4.79 Å². The molecule has 0 saturated carbocycles. The number of hydrogen-bond donors (Lipinski definition) is 2. The molecular weight excluding hydrogens is 310 g/mol. The van der Waals surface area contributed by atoms with Crippen LogP contribution in [-0.2, 0) is 0 Å². The van der Waals surface area contributed by atoms with Crippen molar-refractivity contribution in [2.75, 3.05) is 17.2 Å². The van der Waals surface area contributed by atoms with Crippen LogP contribution in [0.25, 0.3) is 0 Å². The zero-order valence-corrected chi connectivity index (χ0v) is 11.8. The Morgan fingerprint density at radius 3 is 2.58 bits per heavy atom. The number of carbonyl (C=O) groups is 1. The van der Waals surface area contributed by atoms with E-state index in [-0.39, 0.29) is 11.6 Å². The second-order valence-corrected chi connectivity index (χ2v) is 4.57. The van der Waals surface area contributed by atoms with E-state index in [1.54, 1.807) is 30.5 Å². The molecule has 19 heavy (non-hydrogen) atoms. The Hall–Kier alpha value is -2.02. The largest absolute Gasteiger partial charge is 0.369 e. The normalized spacial score (nSPS) is 10.0. The Kier molecular flexibility index (Phi) is 4.40. The Balaban J connectivity index is 2.05. The number of pyridine rings is 1. The molecule has 98 valence electrons. The summed E-state index contributed by atoms with van der Waals surface area (Å²) < 4.78 is 0.847. The highest BCUT2D eigenvalue weighted by Gasteiger charge is 2.09. The Morgan fingerprint density at radius 2 is 2.00 bits per heavy atom. The number of hydrogen-bond acceptors (Lipinski definition) is 5. The first kappa shape index (κ1) is 13.4. The molecule has 6 nitrogen and oxygen atoms in total. The van der Waals surface area contributed by atoms with Gasteiger partial charge in [-0.2, -0.15) is 0 Å². The topological polar surface area (TPSA) is 79.8 Å². The van der Waals surface area contributed by atoms with E-state index in [0.29, 0.717) is 11.6 Å². The van der Waals surface area contributed by atoms with E-state index >= 15 is 0 Å². The molecule has 0 saturated heterocycles. The van der Waals surface area contributed by atoms with Crippen LogP contribution in [0.5, 0.6) is 0 Å². The Morgan fingerprint density at radius 1 is 1.21 bits per heavy atom. The molecule has 0 aliphatic heterocycles. The first-order chi connectivity index (χ1) is 9.19. The first-order valence-electron chi connectivity index (χ1n) is 5.69. The molecule has 7 heteroatoms.